The minimum Gasteiger partial charge on any atom is -0.346 e. The molecule has 0 saturated heterocycles. The summed E-state index contributed by atoms with van der Waals surface area (Å²) in [6.45, 7) is 2.41. The van der Waals surface area contributed by atoms with Crippen molar-refractivity contribution in [3.63, 3.8) is 0 Å². The maximum atomic E-state index is 11.9. The highest BCUT2D eigenvalue weighted by molar-refractivity contribution is 9.10. The van der Waals surface area contributed by atoms with Gasteiger partial charge in [0.1, 0.15) is 5.69 Å². The third-order valence-corrected chi connectivity index (χ3v) is 3.39. The number of rotatable bonds is 3. The second-order valence-corrected chi connectivity index (χ2v) is 4.75. The van der Waals surface area contributed by atoms with Crippen LogP contribution in [-0.2, 0) is 13.6 Å². The first-order valence-electron chi connectivity index (χ1n) is 5.46. The number of aromatic nitrogens is 3. The van der Waals surface area contributed by atoms with Gasteiger partial charge in [-0.05, 0) is 35.0 Å². The summed E-state index contributed by atoms with van der Waals surface area (Å²) in [6.07, 6.45) is 3.35. The van der Waals surface area contributed by atoms with Crippen molar-refractivity contribution in [1.29, 1.82) is 0 Å². The zero-order chi connectivity index (χ0) is 13.1. The first-order valence-corrected chi connectivity index (χ1v) is 6.25. The number of hydrogen-bond donors (Lipinski definition) is 1. The minimum atomic E-state index is -0.203. The van der Waals surface area contributed by atoms with Crippen LogP contribution in [0.2, 0.25) is 0 Å². The number of hydrogen-bond acceptors (Lipinski definition) is 3. The fourth-order valence-corrected chi connectivity index (χ4v) is 1.96. The summed E-state index contributed by atoms with van der Waals surface area (Å²) < 4.78 is 2.46. The molecule has 2 aromatic rings. The Balaban J connectivity index is 2.05. The van der Waals surface area contributed by atoms with Crippen LogP contribution in [0.1, 0.15) is 21.7 Å². The number of aryl methyl sites for hydroxylation is 1. The van der Waals surface area contributed by atoms with E-state index in [1.54, 1.807) is 29.2 Å². The zero-order valence-corrected chi connectivity index (χ0v) is 11.7. The average Bonchev–Trinajstić information content (AvgIpc) is 2.68. The number of nitrogens with zero attached hydrogens (tertiary/aromatic N) is 3. The summed E-state index contributed by atoms with van der Waals surface area (Å²) in [6, 6.07) is 3.56. The van der Waals surface area contributed by atoms with E-state index in [0.29, 0.717) is 16.7 Å². The molecule has 6 heteroatoms. The lowest BCUT2D eigenvalue weighted by molar-refractivity contribution is 0.0945. The van der Waals surface area contributed by atoms with Gasteiger partial charge in [-0.1, -0.05) is 0 Å². The van der Waals surface area contributed by atoms with E-state index < -0.39 is 0 Å². The van der Waals surface area contributed by atoms with Crippen LogP contribution in [0, 0.1) is 6.92 Å². The molecule has 0 aliphatic carbocycles. The van der Waals surface area contributed by atoms with Gasteiger partial charge in [-0.2, -0.15) is 5.10 Å². The standard InChI is InChI=1S/C12H13BrN4O/c1-8-9(7-16-17(8)2)6-15-12(18)11-10(13)4-3-5-14-11/h3-5,7H,6H2,1-2H3,(H,15,18). The fraction of sp³-hybridized carbons (Fsp3) is 0.250. The molecule has 0 radical (unpaired) electrons. The number of carbonyl (C=O) groups excluding carboxylic acids is 1. The Hall–Kier alpha value is -1.69. The third kappa shape index (κ3) is 2.59. The van der Waals surface area contributed by atoms with Crippen LogP contribution in [0.3, 0.4) is 0 Å². The smallest absolute Gasteiger partial charge is 0.271 e. The minimum absolute atomic E-state index is 0.203. The molecule has 0 spiro atoms. The number of pyridine rings is 1. The van der Waals surface area contributed by atoms with Crippen molar-refractivity contribution in [2.75, 3.05) is 0 Å². The maximum Gasteiger partial charge on any atom is 0.271 e. The molecule has 0 bridgehead atoms. The number of halogens is 1. The highest BCUT2D eigenvalue weighted by Crippen LogP contribution is 2.13. The van der Waals surface area contributed by atoms with Crippen LogP contribution in [0.4, 0.5) is 0 Å². The van der Waals surface area contributed by atoms with E-state index in [1.807, 2.05) is 14.0 Å². The molecular formula is C12H13BrN4O. The van der Waals surface area contributed by atoms with Crippen LogP contribution in [0.15, 0.2) is 29.0 Å². The third-order valence-electron chi connectivity index (χ3n) is 2.75. The number of nitrogens with one attached hydrogen (secondary N) is 1. The molecule has 2 heterocycles. The molecule has 5 nitrogen and oxygen atoms in total. The van der Waals surface area contributed by atoms with E-state index >= 15 is 0 Å². The van der Waals surface area contributed by atoms with Crippen molar-refractivity contribution < 1.29 is 4.79 Å². The van der Waals surface area contributed by atoms with E-state index in [4.69, 9.17) is 0 Å². The van der Waals surface area contributed by atoms with Gasteiger partial charge in [0.2, 0.25) is 0 Å². The Bertz CT molecular complexity index is 579. The van der Waals surface area contributed by atoms with Crippen molar-refractivity contribution in [2.24, 2.45) is 7.05 Å². The fourth-order valence-electron chi connectivity index (χ4n) is 1.53. The normalized spacial score (nSPS) is 10.4. The molecule has 2 rings (SSSR count). The molecule has 0 saturated carbocycles. The molecule has 2 aromatic heterocycles. The topological polar surface area (TPSA) is 59.8 Å². The van der Waals surface area contributed by atoms with Crippen LogP contribution < -0.4 is 5.32 Å². The van der Waals surface area contributed by atoms with Crippen molar-refractivity contribution in [3.05, 3.63) is 46.0 Å². The molecule has 0 aliphatic heterocycles. The summed E-state index contributed by atoms with van der Waals surface area (Å²) in [4.78, 5) is 16.0. The van der Waals surface area contributed by atoms with Gasteiger partial charge in [-0.3, -0.25) is 9.48 Å². The Morgan fingerprint density at radius 3 is 2.94 bits per heavy atom. The summed E-state index contributed by atoms with van der Waals surface area (Å²) in [5, 5.41) is 6.95. The Labute approximate surface area is 113 Å². The van der Waals surface area contributed by atoms with Crippen LogP contribution in [0.5, 0.6) is 0 Å². The Kier molecular flexibility index (Phi) is 3.76. The van der Waals surface area contributed by atoms with Gasteiger partial charge in [0.05, 0.1) is 6.20 Å². The molecular weight excluding hydrogens is 296 g/mol. The lowest BCUT2D eigenvalue weighted by atomic mass is 10.2. The SMILES string of the molecule is Cc1c(CNC(=O)c2ncccc2Br)cnn1C. The van der Waals surface area contributed by atoms with Gasteiger partial charge < -0.3 is 5.32 Å². The molecule has 0 aromatic carbocycles. The monoisotopic (exact) mass is 308 g/mol. The van der Waals surface area contributed by atoms with E-state index in [0.717, 1.165) is 11.3 Å². The van der Waals surface area contributed by atoms with E-state index in [1.165, 1.54) is 0 Å². The first-order chi connectivity index (χ1) is 8.59. The predicted octanol–water partition coefficient (Wildman–Crippen LogP) is 1.82. The maximum absolute atomic E-state index is 11.9. The highest BCUT2D eigenvalue weighted by Gasteiger charge is 2.11. The van der Waals surface area contributed by atoms with Crippen molar-refractivity contribution in [1.82, 2.24) is 20.1 Å². The van der Waals surface area contributed by atoms with Gasteiger partial charge >= 0.3 is 0 Å². The van der Waals surface area contributed by atoms with E-state index in [-0.39, 0.29) is 5.91 Å². The summed E-state index contributed by atoms with van der Waals surface area (Å²) in [7, 11) is 1.87. The number of carbonyl (C=O) groups is 1. The summed E-state index contributed by atoms with van der Waals surface area (Å²) in [5.41, 5.74) is 2.42. The first kappa shape index (κ1) is 12.8. The van der Waals surface area contributed by atoms with Gasteiger partial charge in [0.25, 0.3) is 5.91 Å². The predicted molar refractivity (Wildman–Crippen MR) is 71.1 cm³/mol. The largest absolute Gasteiger partial charge is 0.346 e. The second-order valence-electron chi connectivity index (χ2n) is 3.90. The Morgan fingerprint density at radius 1 is 1.56 bits per heavy atom. The van der Waals surface area contributed by atoms with Crippen LogP contribution in [-0.4, -0.2) is 20.7 Å². The van der Waals surface area contributed by atoms with Crippen LogP contribution >= 0.6 is 15.9 Å². The molecule has 18 heavy (non-hydrogen) atoms. The average molecular weight is 309 g/mol. The molecule has 0 atom stereocenters. The zero-order valence-electron chi connectivity index (χ0n) is 10.1. The molecule has 94 valence electrons. The lowest BCUT2D eigenvalue weighted by Crippen LogP contribution is -2.24. The van der Waals surface area contributed by atoms with Gasteiger partial charge in [0, 0.05) is 35.5 Å². The van der Waals surface area contributed by atoms with Gasteiger partial charge in [0.15, 0.2) is 0 Å². The lowest BCUT2D eigenvalue weighted by Gasteiger charge is -2.05. The van der Waals surface area contributed by atoms with E-state index in [9.17, 15) is 4.79 Å². The van der Waals surface area contributed by atoms with Gasteiger partial charge in [-0.25, -0.2) is 4.98 Å². The molecule has 1 N–H and O–H groups in total. The molecule has 0 fully saturated rings. The quantitative estimate of drug-likeness (QED) is 0.941. The molecule has 0 unspecified atom stereocenters. The van der Waals surface area contributed by atoms with Crippen molar-refractivity contribution in [2.45, 2.75) is 13.5 Å². The molecule has 0 aliphatic rings. The Morgan fingerprint density at radius 2 is 2.33 bits per heavy atom. The van der Waals surface area contributed by atoms with Crippen LogP contribution in [0.25, 0.3) is 0 Å². The van der Waals surface area contributed by atoms with Crippen molar-refractivity contribution in [3.8, 4) is 0 Å². The highest BCUT2D eigenvalue weighted by atomic mass is 79.9. The summed E-state index contributed by atoms with van der Waals surface area (Å²) in [5.74, 6) is -0.203. The molecule has 1 amide bonds. The second kappa shape index (κ2) is 5.30. The van der Waals surface area contributed by atoms with E-state index in [2.05, 4.69) is 31.3 Å². The van der Waals surface area contributed by atoms with Gasteiger partial charge in [-0.15, -0.1) is 0 Å². The number of amides is 1. The van der Waals surface area contributed by atoms with Crippen molar-refractivity contribution >= 4 is 21.8 Å². The summed E-state index contributed by atoms with van der Waals surface area (Å²) >= 11 is 3.30.